The molecular weight excluding hydrogens is 295 g/mol. The van der Waals surface area contributed by atoms with Crippen LogP contribution in [-0.2, 0) is 7.72 Å². The van der Waals surface area contributed by atoms with E-state index in [0.29, 0.717) is 0 Å². The molecule has 10 rings (SSSR count). The Hall–Kier alpha value is 0.583. The standard InChI is InChI=1S/C10H16N.C5H5.Ru/c1-3-11(4-2)9-10-7-5-6-8-10;1-2-4-5-3-1;/h5-8H,3-4,9H2,1-2H3;1-5H;. The molecule has 94 valence electrons. The number of hydrogen-bond donors (Lipinski definition) is 0. The van der Waals surface area contributed by atoms with E-state index < -0.39 is 7.72 Å². The van der Waals surface area contributed by atoms with Gasteiger partial charge in [0.2, 0.25) is 0 Å². The molecule has 0 aromatic heterocycles. The predicted octanol–water partition coefficient (Wildman–Crippen LogP) is 4.09. The van der Waals surface area contributed by atoms with Gasteiger partial charge in [-0.25, -0.2) is 0 Å². The Bertz CT molecular complexity index is 845. The molecule has 17 heavy (non-hydrogen) atoms. The summed E-state index contributed by atoms with van der Waals surface area (Å²) >= 11 is 0. The van der Waals surface area contributed by atoms with Crippen molar-refractivity contribution >= 4 is 0 Å². The monoisotopic (exact) mass is 317 g/mol. The topological polar surface area (TPSA) is 3.24 Å². The summed E-state index contributed by atoms with van der Waals surface area (Å²) in [5.74, 6) is 0. The Morgan fingerprint density at radius 2 is 1.29 bits per heavy atom. The van der Waals surface area contributed by atoms with Gasteiger partial charge in [0.25, 0.3) is 0 Å². The van der Waals surface area contributed by atoms with E-state index in [1.54, 1.807) is 38.1 Å². The Kier molecular flexibility index (Phi) is 0.227. The van der Waals surface area contributed by atoms with Crippen LogP contribution in [0.5, 0.6) is 0 Å². The fraction of sp³-hybridized carbons (Fsp3) is 1.00. The van der Waals surface area contributed by atoms with Crippen molar-refractivity contribution in [1.29, 1.82) is 0 Å². The second-order valence-electron chi connectivity index (χ2n) is 11.3. The summed E-state index contributed by atoms with van der Waals surface area (Å²) in [5.41, 5.74) is 0. The van der Waals surface area contributed by atoms with Crippen molar-refractivity contribution in [2.24, 2.45) is 0 Å². The van der Waals surface area contributed by atoms with Gasteiger partial charge in [0.15, 0.2) is 0 Å². The molecule has 0 aromatic rings. The van der Waals surface area contributed by atoms with Gasteiger partial charge in [0.05, 0.1) is 0 Å². The van der Waals surface area contributed by atoms with Gasteiger partial charge in [-0.15, -0.1) is 0 Å². The maximum atomic E-state index is 2.84. The number of hydrogen-bond acceptors (Lipinski definition) is 1. The summed E-state index contributed by atoms with van der Waals surface area (Å²) in [7, 11) is -2.97. The van der Waals surface area contributed by atoms with E-state index >= 15 is 0 Å². The molecule has 4 atom stereocenters. The molecule has 10 heterocycles. The van der Waals surface area contributed by atoms with Crippen molar-refractivity contribution in [2.75, 3.05) is 19.6 Å². The zero-order valence-electron chi connectivity index (χ0n) is 10.6. The normalized spacial score (nSPS) is 120. The van der Waals surface area contributed by atoms with Crippen LogP contribution in [0.15, 0.2) is 0 Å². The number of nitrogens with zero attached hydrogens (tertiary/aromatic N) is 1. The summed E-state index contributed by atoms with van der Waals surface area (Å²) in [6.45, 7) is 9.09. The van der Waals surface area contributed by atoms with Crippen molar-refractivity contribution < 1.29 is 7.72 Å². The maximum absolute atomic E-state index is 2.97. The molecule has 1 spiro atoms. The summed E-state index contributed by atoms with van der Waals surface area (Å²) in [5, 5.41) is 0. The first kappa shape index (κ1) is 6.84. The average molecular weight is 316 g/mol. The molecule has 10 saturated heterocycles. The number of fused-ring (bicyclic) bond motifs is 10. The van der Waals surface area contributed by atoms with Crippen LogP contribution in [0.1, 0.15) is 13.8 Å². The van der Waals surface area contributed by atoms with E-state index in [4.69, 9.17) is 0 Å². The second-order valence-corrected chi connectivity index (χ2v) is 48.6. The van der Waals surface area contributed by atoms with Gasteiger partial charge in [-0.2, -0.15) is 0 Å². The second kappa shape index (κ2) is 0.563. The van der Waals surface area contributed by atoms with Gasteiger partial charge < -0.3 is 0 Å². The Balaban J connectivity index is 1.46. The zero-order valence-corrected chi connectivity index (χ0v) is 12.4. The predicted molar refractivity (Wildman–Crippen MR) is 64.2 cm³/mol. The zero-order chi connectivity index (χ0) is 10.7. The summed E-state index contributed by atoms with van der Waals surface area (Å²) in [4.78, 5) is 2.84. The minimum atomic E-state index is -2.97. The van der Waals surface area contributed by atoms with Gasteiger partial charge in [0, 0.05) is 0 Å². The third-order valence-corrected chi connectivity index (χ3v) is 83.9. The first-order valence-electron chi connectivity index (χ1n) is 7.97. The van der Waals surface area contributed by atoms with Gasteiger partial charge in [0.1, 0.15) is 0 Å². The van der Waals surface area contributed by atoms with E-state index in [-0.39, 0.29) is 0 Å². The summed E-state index contributed by atoms with van der Waals surface area (Å²) in [6, 6.07) is 0. The van der Waals surface area contributed by atoms with Crippen LogP contribution in [0.2, 0.25) is 44.6 Å². The SMILES string of the molecule is CCN(CC)C[C]12[CH]3[CH]4[CH]5[CH]1[Ru]45321678[CH]2[CH]1[CH]6[CH]7[CH]28. The van der Waals surface area contributed by atoms with Crippen LogP contribution in [0.4, 0.5) is 0 Å². The molecule has 4 unspecified atom stereocenters. The molecule has 10 fully saturated rings. The van der Waals surface area contributed by atoms with Gasteiger partial charge in [-0.1, -0.05) is 0 Å². The molecule has 0 bridgehead atoms. The molecule has 10 aliphatic rings. The van der Waals surface area contributed by atoms with Crippen LogP contribution in [0, 0.1) is 0 Å². The van der Waals surface area contributed by atoms with Crippen molar-refractivity contribution in [3.8, 4) is 0 Å². The fourth-order valence-electron chi connectivity index (χ4n) is 17.9. The molecule has 1 nitrogen and oxygen atoms in total. The first-order valence-corrected chi connectivity index (χ1v) is 17.9. The summed E-state index contributed by atoms with van der Waals surface area (Å²) < 4.78 is 15.0. The van der Waals surface area contributed by atoms with E-state index in [0.717, 1.165) is 4.01 Å². The average Bonchev–Trinajstić information content (AvgIpc) is 3.27. The van der Waals surface area contributed by atoms with E-state index in [2.05, 4.69) is 18.7 Å². The van der Waals surface area contributed by atoms with E-state index in [9.17, 15) is 0 Å². The first-order chi connectivity index (χ1) is 8.04. The van der Waals surface area contributed by atoms with E-state index in [1.807, 2.05) is 0 Å². The van der Waals surface area contributed by atoms with Crippen LogP contribution in [-0.4, -0.2) is 24.5 Å². The Labute approximate surface area is 90.6 Å². The minimum absolute atomic E-state index is 1.16. The molecule has 0 amide bonds. The van der Waals surface area contributed by atoms with Crippen LogP contribution < -0.4 is 0 Å². The van der Waals surface area contributed by atoms with Crippen LogP contribution in [0.25, 0.3) is 0 Å². The fourth-order valence-corrected chi connectivity index (χ4v) is 152. The third kappa shape index (κ3) is 0.0712. The Morgan fingerprint density at radius 3 is 1.53 bits per heavy atom. The van der Waals surface area contributed by atoms with Crippen molar-refractivity contribution in [2.45, 2.75) is 58.5 Å². The Morgan fingerprint density at radius 1 is 0.824 bits per heavy atom. The van der Waals surface area contributed by atoms with Crippen LogP contribution in [0.3, 0.4) is 0 Å². The number of rotatable bonds is 4. The molecule has 2 heteroatoms. The molecule has 10 aliphatic heterocycles. The molecule has 0 aliphatic carbocycles. The third-order valence-electron chi connectivity index (χ3n) is 16.3. The summed E-state index contributed by atoms with van der Waals surface area (Å²) in [6.07, 6.45) is 0. The van der Waals surface area contributed by atoms with Gasteiger partial charge in [-0.05, 0) is 0 Å². The van der Waals surface area contributed by atoms with Crippen LogP contribution >= 0.6 is 0 Å². The van der Waals surface area contributed by atoms with Crippen molar-refractivity contribution in [3.05, 3.63) is 0 Å². The van der Waals surface area contributed by atoms with E-state index in [1.165, 1.54) is 22.1 Å². The van der Waals surface area contributed by atoms with Gasteiger partial charge in [-0.3, -0.25) is 0 Å². The molecule has 0 radical (unpaired) electrons. The molecule has 0 aromatic carbocycles. The van der Waals surface area contributed by atoms with Crippen molar-refractivity contribution in [1.82, 2.24) is 4.90 Å². The van der Waals surface area contributed by atoms with Gasteiger partial charge >= 0.3 is 90.7 Å². The molecular formula is C15H21NRu. The molecule has 0 saturated carbocycles. The molecule has 0 N–H and O–H groups in total. The quantitative estimate of drug-likeness (QED) is 0.706. The van der Waals surface area contributed by atoms with Crippen molar-refractivity contribution in [3.63, 3.8) is 0 Å².